The zero-order chi connectivity index (χ0) is 12.3. The van der Waals surface area contributed by atoms with Crippen LogP contribution in [0.25, 0.3) is 0 Å². The molecule has 0 aromatic carbocycles. The number of rotatable bonds is 3. The molecule has 0 saturated carbocycles. The topological polar surface area (TPSA) is 58.8 Å². The minimum atomic E-state index is -0.260. The monoisotopic (exact) mass is 241 g/mol. The predicted molar refractivity (Wildman–Crippen MR) is 65.6 cm³/mol. The van der Waals surface area contributed by atoms with Crippen LogP contribution in [0.15, 0.2) is 0 Å². The first-order chi connectivity index (χ1) is 8.26. The molecule has 2 saturated heterocycles. The van der Waals surface area contributed by atoms with Crippen LogP contribution in [0.4, 0.5) is 0 Å². The molecule has 2 unspecified atom stereocenters. The maximum atomic E-state index is 11.6. The minimum absolute atomic E-state index is 0.197. The molecule has 2 aliphatic rings. The van der Waals surface area contributed by atoms with Gasteiger partial charge in [-0.15, -0.1) is 0 Å². The van der Waals surface area contributed by atoms with Crippen molar-refractivity contribution in [1.29, 1.82) is 0 Å². The molecule has 98 valence electrons. The Kier molecular flexibility index (Phi) is 4.36. The molecule has 2 heterocycles. The normalized spacial score (nSPS) is 28.5. The number of esters is 1. The van der Waals surface area contributed by atoms with E-state index < -0.39 is 0 Å². The summed E-state index contributed by atoms with van der Waals surface area (Å²) in [5.41, 5.74) is 5.69. The van der Waals surface area contributed by atoms with Crippen molar-refractivity contribution in [2.45, 2.75) is 31.3 Å². The van der Waals surface area contributed by atoms with Crippen LogP contribution >= 0.6 is 0 Å². The summed E-state index contributed by atoms with van der Waals surface area (Å²) >= 11 is 0. The Labute approximate surface area is 103 Å². The minimum Gasteiger partial charge on any atom is -0.468 e. The lowest BCUT2D eigenvalue weighted by Gasteiger charge is -2.45. The lowest BCUT2D eigenvalue weighted by Crippen LogP contribution is -2.60. The number of piperidine rings is 1. The number of nitrogens with two attached hydrogens (primary N) is 1. The first kappa shape index (κ1) is 12.8. The van der Waals surface area contributed by atoms with Crippen LogP contribution in [0.1, 0.15) is 19.3 Å². The van der Waals surface area contributed by atoms with Gasteiger partial charge >= 0.3 is 5.97 Å². The van der Waals surface area contributed by atoms with E-state index in [-0.39, 0.29) is 12.0 Å². The van der Waals surface area contributed by atoms with Gasteiger partial charge in [-0.1, -0.05) is 6.42 Å². The Hall–Kier alpha value is -0.650. The Balaban J connectivity index is 1.95. The number of nitrogens with zero attached hydrogens (tertiary/aromatic N) is 2. The van der Waals surface area contributed by atoms with Gasteiger partial charge in [0.05, 0.1) is 7.11 Å². The highest BCUT2D eigenvalue weighted by atomic mass is 16.5. The number of fused-ring (bicyclic) bond motifs is 1. The summed E-state index contributed by atoms with van der Waals surface area (Å²) in [5, 5.41) is 0. The van der Waals surface area contributed by atoms with E-state index >= 15 is 0 Å². The highest BCUT2D eigenvalue weighted by Crippen LogP contribution is 2.22. The second-order valence-electron chi connectivity index (χ2n) is 4.96. The van der Waals surface area contributed by atoms with Gasteiger partial charge in [0.2, 0.25) is 0 Å². The maximum absolute atomic E-state index is 11.6. The molecule has 2 atom stereocenters. The predicted octanol–water partition coefficient (Wildman–Crippen LogP) is -0.343. The van der Waals surface area contributed by atoms with Crippen molar-refractivity contribution in [3.05, 3.63) is 0 Å². The molecule has 2 N–H and O–H groups in total. The van der Waals surface area contributed by atoms with Crippen molar-refractivity contribution >= 4 is 5.97 Å². The summed E-state index contributed by atoms with van der Waals surface area (Å²) in [6, 6.07) is 0.347. The average molecular weight is 241 g/mol. The molecular formula is C12H23N3O2. The van der Waals surface area contributed by atoms with Crippen LogP contribution in [0.2, 0.25) is 0 Å². The van der Waals surface area contributed by atoms with Crippen molar-refractivity contribution < 1.29 is 9.53 Å². The molecule has 5 nitrogen and oxygen atoms in total. The second kappa shape index (κ2) is 5.80. The molecule has 0 amide bonds. The van der Waals surface area contributed by atoms with Gasteiger partial charge in [0.1, 0.15) is 6.04 Å². The number of carbonyl (C=O) groups excluding carboxylic acids is 1. The first-order valence-electron chi connectivity index (χ1n) is 6.52. The fourth-order valence-corrected chi connectivity index (χ4v) is 2.99. The molecule has 0 aromatic heterocycles. The van der Waals surface area contributed by atoms with Crippen LogP contribution in [0.5, 0.6) is 0 Å². The van der Waals surface area contributed by atoms with Gasteiger partial charge in [0.25, 0.3) is 0 Å². The van der Waals surface area contributed by atoms with Gasteiger partial charge < -0.3 is 10.5 Å². The number of ether oxygens (including phenoxy) is 1. The standard InChI is InChI=1S/C12H23N3O2/c1-17-12(16)11(8-13)15-7-6-14-5-3-2-4-10(14)9-15/h10-11H,2-9,13H2,1H3. The molecule has 0 bridgehead atoms. The van der Waals surface area contributed by atoms with E-state index in [4.69, 9.17) is 10.5 Å². The van der Waals surface area contributed by atoms with Crippen molar-refractivity contribution in [1.82, 2.24) is 9.80 Å². The Bertz CT molecular complexity index is 272. The SMILES string of the molecule is COC(=O)C(CN)N1CCN2CCCCC2C1. The lowest BCUT2D eigenvalue weighted by molar-refractivity contribution is -0.148. The zero-order valence-electron chi connectivity index (χ0n) is 10.6. The van der Waals surface area contributed by atoms with E-state index in [9.17, 15) is 4.79 Å². The molecule has 2 rings (SSSR count). The molecule has 0 aliphatic carbocycles. The van der Waals surface area contributed by atoms with Crippen LogP contribution in [-0.4, -0.2) is 67.7 Å². The molecule has 0 radical (unpaired) electrons. The first-order valence-corrected chi connectivity index (χ1v) is 6.52. The summed E-state index contributed by atoms with van der Waals surface area (Å²) < 4.78 is 4.82. The molecule has 2 aliphatic heterocycles. The highest BCUT2D eigenvalue weighted by Gasteiger charge is 2.34. The van der Waals surface area contributed by atoms with Crippen molar-refractivity contribution in [2.24, 2.45) is 5.73 Å². The summed E-state index contributed by atoms with van der Waals surface area (Å²) in [6.45, 7) is 4.49. The van der Waals surface area contributed by atoms with Gasteiger partial charge in [-0.3, -0.25) is 14.6 Å². The summed E-state index contributed by atoms with van der Waals surface area (Å²) in [7, 11) is 1.43. The highest BCUT2D eigenvalue weighted by molar-refractivity contribution is 5.75. The third-order valence-corrected chi connectivity index (χ3v) is 4.01. The van der Waals surface area contributed by atoms with Crippen molar-refractivity contribution in [3.8, 4) is 0 Å². The number of piperazine rings is 1. The Morgan fingerprint density at radius 1 is 1.41 bits per heavy atom. The van der Waals surface area contributed by atoms with Crippen LogP contribution in [0.3, 0.4) is 0 Å². The fraction of sp³-hybridized carbons (Fsp3) is 0.917. The van der Waals surface area contributed by atoms with Crippen LogP contribution in [-0.2, 0) is 9.53 Å². The van der Waals surface area contributed by atoms with E-state index in [2.05, 4.69) is 9.80 Å². The molecule has 5 heteroatoms. The van der Waals surface area contributed by atoms with Gasteiger partial charge in [-0.2, -0.15) is 0 Å². The fourth-order valence-electron chi connectivity index (χ4n) is 2.99. The van der Waals surface area contributed by atoms with Gasteiger partial charge in [0, 0.05) is 32.2 Å². The molecule has 17 heavy (non-hydrogen) atoms. The van der Waals surface area contributed by atoms with Crippen LogP contribution in [0, 0.1) is 0 Å². The summed E-state index contributed by atoms with van der Waals surface area (Å²) in [6.07, 6.45) is 3.86. The quantitative estimate of drug-likeness (QED) is 0.685. The molecule has 0 spiro atoms. The number of carbonyl (C=O) groups is 1. The van der Waals surface area contributed by atoms with E-state index in [1.54, 1.807) is 0 Å². The zero-order valence-corrected chi connectivity index (χ0v) is 10.6. The Morgan fingerprint density at radius 3 is 2.94 bits per heavy atom. The number of hydrogen-bond acceptors (Lipinski definition) is 5. The smallest absolute Gasteiger partial charge is 0.324 e. The third kappa shape index (κ3) is 2.78. The van der Waals surface area contributed by atoms with Crippen LogP contribution < -0.4 is 5.73 Å². The summed E-state index contributed by atoms with van der Waals surface area (Å²) in [4.78, 5) is 16.4. The average Bonchev–Trinajstić information content (AvgIpc) is 2.39. The lowest BCUT2D eigenvalue weighted by atomic mass is 9.98. The maximum Gasteiger partial charge on any atom is 0.324 e. The van der Waals surface area contributed by atoms with Crippen molar-refractivity contribution in [2.75, 3.05) is 39.8 Å². The van der Waals surface area contributed by atoms with Gasteiger partial charge in [-0.05, 0) is 19.4 Å². The van der Waals surface area contributed by atoms with Crippen molar-refractivity contribution in [3.63, 3.8) is 0 Å². The second-order valence-corrected chi connectivity index (χ2v) is 4.96. The molecule has 2 fully saturated rings. The number of hydrogen-bond donors (Lipinski definition) is 1. The van der Waals surface area contributed by atoms with Gasteiger partial charge in [-0.25, -0.2) is 0 Å². The van der Waals surface area contributed by atoms with E-state index in [0.717, 1.165) is 19.6 Å². The summed E-state index contributed by atoms with van der Waals surface area (Å²) in [5.74, 6) is -0.197. The largest absolute Gasteiger partial charge is 0.468 e. The number of methoxy groups -OCH3 is 1. The van der Waals surface area contributed by atoms with E-state index in [1.807, 2.05) is 0 Å². The van der Waals surface area contributed by atoms with Gasteiger partial charge in [0.15, 0.2) is 0 Å². The molecular weight excluding hydrogens is 218 g/mol. The van der Waals surface area contributed by atoms with E-state index in [0.29, 0.717) is 12.6 Å². The third-order valence-electron chi connectivity index (χ3n) is 4.01. The van der Waals surface area contributed by atoms with E-state index in [1.165, 1.54) is 32.9 Å². The molecule has 0 aromatic rings. The Morgan fingerprint density at radius 2 is 2.24 bits per heavy atom.